The highest BCUT2D eigenvalue weighted by molar-refractivity contribution is 5.35. The van der Waals surface area contributed by atoms with Crippen molar-refractivity contribution < 1.29 is 10.2 Å². The van der Waals surface area contributed by atoms with Crippen molar-refractivity contribution in [1.29, 1.82) is 0 Å². The number of aliphatic hydroxyl groups is 1. The lowest BCUT2D eigenvalue weighted by Crippen LogP contribution is -1.97. The third-order valence-corrected chi connectivity index (χ3v) is 2.57. The fraction of sp³-hybridized carbons (Fsp3) is 0.429. The summed E-state index contributed by atoms with van der Waals surface area (Å²) in [5.41, 5.74) is 1.75. The van der Waals surface area contributed by atoms with Crippen LogP contribution in [0.2, 0.25) is 0 Å². The van der Waals surface area contributed by atoms with Gasteiger partial charge in [-0.25, -0.2) is 0 Å². The van der Waals surface area contributed by atoms with Crippen molar-refractivity contribution in [1.82, 2.24) is 0 Å². The van der Waals surface area contributed by atoms with Crippen LogP contribution in [0.1, 0.15) is 31.4 Å². The molecule has 0 amide bonds. The number of aromatic hydroxyl groups is 1. The Labute approximate surface area is 97.2 Å². The summed E-state index contributed by atoms with van der Waals surface area (Å²) in [7, 11) is 0. The van der Waals surface area contributed by atoms with Crippen LogP contribution in [0.3, 0.4) is 0 Å². The molecule has 1 aromatic rings. The Hall–Kier alpha value is -1.28. The Morgan fingerprint density at radius 1 is 1.38 bits per heavy atom. The monoisotopic (exact) mass is 220 g/mol. The van der Waals surface area contributed by atoms with Gasteiger partial charge in [-0.15, -0.1) is 0 Å². The van der Waals surface area contributed by atoms with Gasteiger partial charge < -0.3 is 10.2 Å². The van der Waals surface area contributed by atoms with Crippen molar-refractivity contribution >= 4 is 0 Å². The van der Waals surface area contributed by atoms with Crippen molar-refractivity contribution in [2.75, 3.05) is 0 Å². The van der Waals surface area contributed by atoms with Crippen LogP contribution < -0.4 is 0 Å². The summed E-state index contributed by atoms with van der Waals surface area (Å²) in [6, 6.07) is 5.42. The third-order valence-electron chi connectivity index (χ3n) is 2.57. The van der Waals surface area contributed by atoms with Crippen molar-refractivity contribution in [3.63, 3.8) is 0 Å². The van der Waals surface area contributed by atoms with Gasteiger partial charge >= 0.3 is 0 Å². The first-order chi connectivity index (χ1) is 7.67. The van der Waals surface area contributed by atoms with E-state index in [9.17, 15) is 5.11 Å². The van der Waals surface area contributed by atoms with E-state index < -0.39 is 0 Å². The molecule has 0 radical (unpaired) electrons. The molecule has 88 valence electrons. The highest BCUT2D eigenvalue weighted by atomic mass is 16.3. The number of hydrogen-bond donors (Lipinski definition) is 2. The maximum Gasteiger partial charge on any atom is 0.121 e. The fourth-order valence-corrected chi connectivity index (χ4v) is 1.70. The molecule has 0 spiro atoms. The molecule has 16 heavy (non-hydrogen) atoms. The summed E-state index contributed by atoms with van der Waals surface area (Å²) in [6.45, 7) is 4.17. The Morgan fingerprint density at radius 2 is 2.12 bits per heavy atom. The number of benzene rings is 1. The number of allylic oxidation sites excluding steroid dienone is 2. The molecule has 0 bridgehead atoms. The van der Waals surface area contributed by atoms with E-state index in [-0.39, 0.29) is 12.4 Å². The van der Waals surface area contributed by atoms with Crippen LogP contribution in [0.25, 0.3) is 0 Å². The molecule has 2 heteroatoms. The van der Waals surface area contributed by atoms with E-state index >= 15 is 0 Å². The smallest absolute Gasteiger partial charge is 0.121 e. The molecule has 0 fully saturated rings. The van der Waals surface area contributed by atoms with E-state index in [0.717, 1.165) is 18.4 Å². The second-order valence-corrected chi connectivity index (χ2v) is 4.14. The van der Waals surface area contributed by atoms with Gasteiger partial charge in [0.05, 0.1) is 6.61 Å². The summed E-state index contributed by atoms with van der Waals surface area (Å²) >= 11 is 0. The first kappa shape index (κ1) is 12.8. The molecule has 0 saturated heterocycles. The number of aliphatic hydroxyl groups excluding tert-OH is 1. The third kappa shape index (κ3) is 3.70. The Balaban J connectivity index is 2.70. The lowest BCUT2D eigenvalue weighted by Gasteiger charge is -2.09. The van der Waals surface area contributed by atoms with Crippen LogP contribution in [-0.2, 0) is 13.0 Å². The number of phenols is 1. The summed E-state index contributed by atoms with van der Waals surface area (Å²) in [4.78, 5) is 0. The zero-order valence-corrected chi connectivity index (χ0v) is 9.98. The molecule has 0 aliphatic carbocycles. The van der Waals surface area contributed by atoms with E-state index in [1.165, 1.54) is 0 Å². The largest absolute Gasteiger partial charge is 0.508 e. The quantitative estimate of drug-likeness (QED) is 0.749. The first-order valence-electron chi connectivity index (χ1n) is 5.75. The molecule has 1 atom stereocenters. The van der Waals surface area contributed by atoms with Crippen LogP contribution in [0.4, 0.5) is 0 Å². The van der Waals surface area contributed by atoms with Crippen molar-refractivity contribution in [2.24, 2.45) is 5.92 Å². The Morgan fingerprint density at radius 3 is 2.75 bits per heavy atom. The van der Waals surface area contributed by atoms with Gasteiger partial charge in [-0.1, -0.05) is 32.1 Å². The van der Waals surface area contributed by atoms with E-state index in [1.54, 1.807) is 6.07 Å². The summed E-state index contributed by atoms with van der Waals surface area (Å²) in [6.07, 6.45) is 6.36. The maximum atomic E-state index is 9.44. The van der Waals surface area contributed by atoms with Gasteiger partial charge in [0, 0.05) is 5.56 Å². The van der Waals surface area contributed by atoms with E-state index in [2.05, 4.69) is 26.0 Å². The van der Waals surface area contributed by atoms with Gasteiger partial charge in [-0.2, -0.15) is 0 Å². The minimum absolute atomic E-state index is 0.112. The van der Waals surface area contributed by atoms with Crippen LogP contribution in [0.15, 0.2) is 30.4 Å². The van der Waals surface area contributed by atoms with Crippen LogP contribution >= 0.6 is 0 Å². The highest BCUT2D eigenvalue weighted by Gasteiger charge is 2.04. The second-order valence-electron chi connectivity index (χ2n) is 4.14. The van der Waals surface area contributed by atoms with E-state index in [4.69, 9.17) is 5.11 Å². The Kier molecular flexibility index (Phi) is 5.06. The van der Waals surface area contributed by atoms with Gasteiger partial charge in [0.15, 0.2) is 0 Å². The van der Waals surface area contributed by atoms with Crippen LogP contribution in [0.5, 0.6) is 5.75 Å². The molecule has 2 N–H and O–H groups in total. The molecule has 1 aromatic carbocycles. The average molecular weight is 220 g/mol. The molecule has 2 nitrogen and oxygen atoms in total. The fourth-order valence-electron chi connectivity index (χ4n) is 1.70. The minimum atomic E-state index is -0.112. The standard InChI is InChI=1S/C14H20O2/c1-3-4-5-11(2)8-12-6-7-14(16)13(9-12)10-15/h4-7,9,11,15-16H,3,8,10H2,1-2H3/b5-4-. The lowest BCUT2D eigenvalue weighted by atomic mass is 9.98. The first-order valence-corrected chi connectivity index (χ1v) is 5.75. The second kappa shape index (κ2) is 6.33. The van der Waals surface area contributed by atoms with Gasteiger partial charge in [0.2, 0.25) is 0 Å². The minimum Gasteiger partial charge on any atom is -0.508 e. The normalized spacial score (nSPS) is 13.2. The number of hydrogen-bond acceptors (Lipinski definition) is 2. The van der Waals surface area contributed by atoms with Crippen molar-refractivity contribution in [3.8, 4) is 5.75 Å². The van der Waals surface area contributed by atoms with Gasteiger partial charge in [0.25, 0.3) is 0 Å². The number of rotatable bonds is 5. The SMILES string of the molecule is CC/C=C\C(C)Cc1ccc(O)c(CO)c1. The van der Waals surface area contributed by atoms with Crippen LogP contribution in [-0.4, -0.2) is 10.2 Å². The Bertz CT molecular complexity index is 356. The molecule has 0 saturated carbocycles. The molecular formula is C14H20O2. The van der Waals surface area contributed by atoms with Crippen LogP contribution in [0, 0.1) is 5.92 Å². The zero-order chi connectivity index (χ0) is 12.0. The molecule has 0 aliphatic rings. The predicted molar refractivity (Wildman–Crippen MR) is 66.3 cm³/mol. The van der Waals surface area contributed by atoms with Gasteiger partial charge in [-0.05, 0) is 36.5 Å². The topological polar surface area (TPSA) is 40.5 Å². The van der Waals surface area contributed by atoms with Gasteiger partial charge in [0.1, 0.15) is 5.75 Å². The predicted octanol–water partition coefficient (Wildman–Crippen LogP) is 3.03. The molecule has 1 unspecified atom stereocenters. The molecular weight excluding hydrogens is 200 g/mol. The molecule has 0 aromatic heterocycles. The maximum absolute atomic E-state index is 9.44. The van der Waals surface area contributed by atoms with Crippen molar-refractivity contribution in [3.05, 3.63) is 41.5 Å². The molecule has 1 rings (SSSR count). The zero-order valence-electron chi connectivity index (χ0n) is 9.98. The molecule has 0 aliphatic heterocycles. The summed E-state index contributed by atoms with van der Waals surface area (Å²) in [5.74, 6) is 0.652. The molecule has 0 heterocycles. The van der Waals surface area contributed by atoms with E-state index in [0.29, 0.717) is 11.5 Å². The highest BCUT2D eigenvalue weighted by Crippen LogP contribution is 2.20. The summed E-state index contributed by atoms with van der Waals surface area (Å²) in [5, 5.41) is 18.5. The summed E-state index contributed by atoms with van der Waals surface area (Å²) < 4.78 is 0. The van der Waals surface area contributed by atoms with Crippen molar-refractivity contribution in [2.45, 2.75) is 33.3 Å². The van der Waals surface area contributed by atoms with E-state index in [1.807, 2.05) is 12.1 Å². The lowest BCUT2D eigenvalue weighted by molar-refractivity contribution is 0.275. The average Bonchev–Trinajstić information content (AvgIpc) is 2.29. The van der Waals surface area contributed by atoms with Gasteiger partial charge in [-0.3, -0.25) is 0 Å².